The van der Waals surface area contributed by atoms with Crippen molar-refractivity contribution in [1.29, 1.82) is 0 Å². The largest absolute Gasteiger partial charge is 0.489 e. The number of morpholine rings is 1. The summed E-state index contributed by atoms with van der Waals surface area (Å²) in [6.45, 7) is 3.07. The molecule has 2 fully saturated rings. The van der Waals surface area contributed by atoms with Crippen LogP contribution >= 0.6 is 0 Å². The highest BCUT2D eigenvalue weighted by Crippen LogP contribution is 2.32. The summed E-state index contributed by atoms with van der Waals surface area (Å²) in [7, 11) is 1.72. The molecular formula is C19H26N4O3. The molecule has 1 aromatic carbocycles. The first-order chi connectivity index (χ1) is 12.6. The summed E-state index contributed by atoms with van der Waals surface area (Å²) < 4.78 is 13.3. The standard InChI is InChI=1S/C19H26N4O3/c1-22-12-21-16-10-14(23-6-8-25-9-7-23)11-17(18(16)19(22)24)26-15-4-2-13(20)3-5-15/h10-13,15H,2-9,20H2,1H3. The van der Waals surface area contributed by atoms with Crippen molar-refractivity contribution in [2.24, 2.45) is 12.8 Å². The smallest absolute Gasteiger partial charge is 0.264 e. The van der Waals surface area contributed by atoms with Gasteiger partial charge in [0.1, 0.15) is 11.1 Å². The number of ether oxygens (including phenoxy) is 2. The minimum Gasteiger partial charge on any atom is -0.489 e. The van der Waals surface area contributed by atoms with Crippen LogP contribution in [0.4, 0.5) is 5.69 Å². The molecule has 2 N–H and O–H groups in total. The highest BCUT2D eigenvalue weighted by molar-refractivity contribution is 5.88. The lowest BCUT2D eigenvalue weighted by atomic mass is 9.93. The van der Waals surface area contributed by atoms with Crippen molar-refractivity contribution in [3.63, 3.8) is 0 Å². The quantitative estimate of drug-likeness (QED) is 0.893. The van der Waals surface area contributed by atoms with E-state index in [2.05, 4.69) is 9.88 Å². The van der Waals surface area contributed by atoms with Gasteiger partial charge in [-0.1, -0.05) is 0 Å². The van der Waals surface area contributed by atoms with E-state index in [9.17, 15) is 4.79 Å². The van der Waals surface area contributed by atoms with E-state index < -0.39 is 0 Å². The number of benzene rings is 1. The second-order valence-corrected chi connectivity index (χ2v) is 7.25. The Labute approximate surface area is 152 Å². The van der Waals surface area contributed by atoms with Gasteiger partial charge in [0, 0.05) is 37.9 Å². The van der Waals surface area contributed by atoms with Gasteiger partial charge in [0.05, 0.1) is 31.2 Å². The molecule has 4 rings (SSSR count). The van der Waals surface area contributed by atoms with Crippen LogP contribution in [-0.4, -0.2) is 48.0 Å². The van der Waals surface area contributed by atoms with Crippen molar-refractivity contribution in [2.45, 2.75) is 37.8 Å². The van der Waals surface area contributed by atoms with Gasteiger partial charge in [0.2, 0.25) is 0 Å². The molecule has 0 radical (unpaired) electrons. The summed E-state index contributed by atoms with van der Waals surface area (Å²) in [5.74, 6) is 0.637. The number of fused-ring (bicyclic) bond motifs is 1. The third kappa shape index (κ3) is 3.41. The van der Waals surface area contributed by atoms with E-state index in [1.165, 1.54) is 4.57 Å². The molecule has 7 nitrogen and oxygen atoms in total. The van der Waals surface area contributed by atoms with Crippen LogP contribution in [0.2, 0.25) is 0 Å². The van der Waals surface area contributed by atoms with Crippen LogP contribution in [0.3, 0.4) is 0 Å². The van der Waals surface area contributed by atoms with Gasteiger partial charge in [-0.15, -0.1) is 0 Å². The molecule has 1 saturated carbocycles. The lowest BCUT2D eigenvalue weighted by molar-refractivity contribution is 0.122. The maximum Gasteiger partial charge on any atom is 0.264 e. The summed E-state index contributed by atoms with van der Waals surface area (Å²) in [5.41, 5.74) is 7.64. The van der Waals surface area contributed by atoms with Crippen molar-refractivity contribution in [3.8, 4) is 5.75 Å². The maximum absolute atomic E-state index is 12.7. The molecule has 1 saturated heterocycles. The fourth-order valence-corrected chi connectivity index (χ4v) is 3.76. The summed E-state index contributed by atoms with van der Waals surface area (Å²) in [5, 5.41) is 0.557. The Bertz CT molecular complexity index is 837. The molecule has 1 aliphatic carbocycles. The number of rotatable bonds is 3. The van der Waals surface area contributed by atoms with Crippen LogP contribution in [0.1, 0.15) is 25.7 Å². The third-order valence-corrected chi connectivity index (χ3v) is 5.36. The first-order valence-electron chi connectivity index (χ1n) is 9.36. The van der Waals surface area contributed by atoms with Crippen LogP contribution in [0.5, 0.6) is 5.75 Å². The Kier molecular flexibility index (Phi) is 4.82. The Morgan fingerprint density at radius 2 is 1.92 bits per heavy atom. The molecule has 2 aliphatic rings. The van der Waals surface area contributed by atoms with Crippen LogP contribution in [0.25, 0.3) is 10.9 Å². The second kappa shape index (κ2) is 7.25. The molecule has 0 atom stereocenters. The van der Waals surface area contributed by atoms with Gasteiger partial charge in [0.25, 0.3) is 5.56 Å². The molecular weight excluding hydrogens is 332 g/mol. The second-order valence-electron chi connectivity index (χ2n) is 7.25. The van der Waals surface area contributed by atoms with Crippen LogP contribution in [0, 0.1) is 0 Å². The normalized spacial score (nSPS) is 24.0. The average Bonchev–Trinajstić information content (AvgIpc) is 2.67. The van der Waals surface area contributed by atoms with Crippen molar-refractivity contribution in [1.82, 2.24) is 9.55 Å². The van der Waals surface area contributed by atoms with Crippen LogP contribution < -0.4 is 20.9 Å². The monoisotopic (exact) mass is 358 g/mol. The van der Waals surface area contributed by atoms with Crippen molar-refractivity contribution >= 4 is 16.6 Å². The Balaban J connectivity index is 1.74. The zero-order chi connectivity index (χ0) is 18.1. The van der Waals surface area contributed by atoms with E-state index >= 15 is 0 Å². The minimum absolute atomic E-state index is 0.0777. The number of aryl methyl sites for hydroxylation is 1. The fraction of sp³-hybridized carbons (Fsp3) is 0.579. The predicted molar refractivity (Wildman–Crippen MR) is 101 cm³/mol. The summed E-state index contributed by atoms with van der Waals surface area (Å²) in [6.07, 6.45) is 5.43. The molecule has 1 aromatic heterocycles. The number of nitrogens with zero attached hydrogens (tertiary/aromatic N) is 3. The third-order valence-electron chi connectivity index (χ3n) is 5.36. The number of aromatic nitrogens is 2. The molecule has 0 spiro atoms. The highest BCUT2D eigenvalue weighted by atomic mass is 16.5. The van der Waals surface area contributed by atoms with Crippen LogP contribution in [-0.2, 0) is 11.8 Å². The predicted octanol–water partition coefficient (Wildman–Crippen LogP) is 1.42. The summed E-state index contributed by atoms with van der Waals surface area (Å²) in [4.78, 5) is 19.4. The number of hydrogen-bond acceptors (Lipinski definition) is 6. The lowest BCUT2D eigenvalue weighted by Gasteiger charge is -2.30. The molecule has 1 aliphatic heterocycles. The van der Waals surface area contributed by atoms with E-state index in [-0.39, 0.29) is 17.7 Å². The zero-order valence-electron chi connectivity index (χ0n) is 15.2. The van der Waals surface area contributed by atoms with E-state index in [0.717, 1.165) is 44.5 Å². The lowest BCUT2D eigenvalue weighted by Crippen LogP contribution is -2.36. The van der Waals surface area contributed by atoms with Gasteiger partial charge >= 0.3 is 0 Å². The molecule has 7 heteroatoms. The minimum atomic E-state index is -0.0777. The number of anilines is 1. The average molecular weight is 358 g/mol. The first kappa shape index (κ1) is 17.3. The molecule has 0 amide bonds. The Hall–Kier alpha value is -2.12. The summed E-state index contributed by atoms with van der Waals surface area (Å²) in [6, 6.07) is 4.23. The van der Waals surface area contributed by atoms with Gasteiger partial charge in [-0.25, -0.2) is 4.98 Å². The SMILES string of the molecule is Cn1cnc2cc(N3CCOCC3)cc(OC3CCC(N)CC3)c2c1=O. The van der Waals surface area contributed by atoms with Gasteiger partial charge in [-0.05, 0) is 31.7 Å². The van der Waals surface area contributed by atoms with E-state index in [4.69, 9.17) is 15.2 Å². The van der Waals surface area contributed by atoms with Crippen LogP contribution in [0.15, 0.2) is 23.3 Å². The van der Waals surface area contributed by atoms with E-state index in [1.54, 1.807) is 13.4 Å². The molecule has 2 aromatic rings. The van der Waals surface area contributed by atoms with Gasteiger partial charge in [-0.2, -0.15) is 0 Å². The van der Waals surface area contributed by atoms with Gasteiger partial charge in [0.15, 0.2) is 0 Å². The Morgan fingerprint density at radius 3 is 2.65 bits per heavy atom. The van der Waals surface area contributed by atoms with Crippen molar-refractivity contribution < 1.29 is 9.47 Å². The topological polar surface area (TPSA) is 82.6 Å². The fourth-order valence-electron chi connectivity index (χ4n) is 3.76. The van der Waals surface area contributed by atoms with Crippen molar-refractivity contribution in [2.75, 3.05) is 31.2 Å². The molecule has 0 bridgehead atoms. The van der Waals surface area contributed by atoms with Crippen molar-refractivity contribution in [3.05, 3.63) is 28.8 Å². The van der Waals surface area contributed by atoms with Gasteiger partial charge in [-0.3, -0.25) is 4.79 Å². The molecule has 2 heterocycles. The maximum atomic E-state index is 12.7. The van der Waals surface area contributed by atoms with E-state index in [0.29, 0.717) is 29.9 Å². The van der Waals surface area contributed by atoms with Gasteiger partial charge < -0.3 is 24.7 Å². The number of nitrogens with two attached hydrogens (primary N) is 1. The number of hydrogen-bond donors (Lipinski definition) is 1. The Morgan fingerprint density at radius 1 is 1.19 bits per heavy atom. The zero-order valence-corrected chi connectivity index (χ0v) is 15.2. The molecule has 26 heavy (non-hydrogen) atoms. The molecule has 0 unspecified atom stereocenters. The summed E-state index contributed by atoms with van der Waals surface area (Å²) >= 11 is 0. The molecule has 140 valence electrons. The highest BCUT2D eigenvalue weighted by Gasteiger charge is 2.23. The van der Waals surface area contributed by atoms with E-state index in [1.807, 2.05) is 12.1 Å². The first-order valence-corrected chi connectivity index (χ1v) is 9.36.